The Hall–Kier alpha value is -2.20. The number of nitro groups is 1. The highest BCUT2D eigenvalue weighted by atomic mass is 16.6. The third-order valence-electron chi connectivity index (χ3n) is 4.28. The lowest BCUT2D eigenvalue weighted by Gasteiger charge is -2.30. The van der Waals surface area contributed by atoms with Crippen molar-refractivity contribution in [1.29, 1.82) is 0 Å². The summed E-state index contributed by atoms with van der Waals surface area (Å²) in [6.45, 7) is 3.40. The van der Waals surface area contributed by atoms with Crippen LogP contribution in [0.5, 0.6) is 0 Å². The molecule has 21 heavy (non-hydrogen) atoms. The van der Waals surface area contributed by atoms with E-state index in [9.17, 15) is 10.1 Å². The molecule has 3 rings (SSSR count). The molecule has 2 aromatic rings. The Labute approximate surface area is 124 Å². The zero-order chi connectivity index (χ0) is 14.8. The van der Waals surface area contributed by atoms with E-state index in [2.05, 4.69) is 29.6 Å². The Morgan fingerprint density at radius 3 is 2.81 bits per heavy atom. The Kier molecular flexibility index (Phi) is 3.71. The van der Waals surface area contributed by atoms with Crippen LogP contribution >= 0.6 is 0 Å². The minimum atomic E-state index is -0.318. The molecule has 4 heteroatoms. The van der Waals surface area contributed by atoms with Gasteiger partial charge in [-0.15, -0.1) is 0 Å². The van der Waals surface area contributed by atoms with Gasteiger partial charge in [-0.3, -0.25) is 10.1 Å². The molecule has 2 aromatic carbocycles. The van der Waals surface area contributed by atoms with E-state index in [1.165, 1.54) is 11.1 Å². The van der Waals surface area contributed by atoms with Gasteiger partial charge in [0.25, 0.3) is 5.69 Å². The summed E-state index contributed by atoms with van der Waals surface area (Å²) < 4.78 is 0. The number of benzene rings is 2. The van der Waals surface area contributed by atoms with E-state index in [-0.39, 0.29) is 10.6 Å². The fourth-order valence-electron chi connectivity index (χ4n) is 2.99. The minimum Gasteiger partial charge on any atom is -0.312 e. The molecule has 0 aromatic heterocycles. The van der Waals surface area contributed by atoms with Crippen LogP contribution in [-0.2, 0) is 13.0 Å². The van der Waals surface area contributed by atoms with Gasteiger partial charge in [0, 0.05) is 30.6 Å². The summed E-state index contributed by atoms with van der Waals surface area (Å²) in [7, 11) is 0. The van der Waals surface area contributed by atoms with E-state index in [0.29, 0.717) is 12.5 Å². The van der Waals surface area contributed by atoms with Crippen LogP contribution in [0, 0.1) is 17.0 Å². The molecular weight excluding hydrogens is 264 g/mol. The number of nitro benzene ring substituents is 1. The van der Waals surface area contributed by atoms with Gasteiger partial charge in [0.2, 0.25) is 0 Å². The summed E-state index contributed by atoms with van der Waals surface area (Å²) >= 11 is 0. The van der Waals surface area contributed by atoms with Crippen molar-refractivity contribution in [2.24, 2.45) is 0 Å². The standard InChI is InChI=1S/C17H18N2O2/c1-12-14(6-4-8-17(12)19(20)21)10-18-11-15-9-13-5-2-3-7-16(13)15/h2-8,15,18H,9-11H2,1H3. The highest BCUT2D eigenvalue weighted by molar-refractivity contribution is 5.44. The summed E-state index contributed by atoms with van der Waals surface area (Å²) in [5, 5.41) is 14.4. The van der Waals surface area contributed by atoms with E-state index in [1.807, 2.05) is 13.0 Å². The van der Waals surface area contributed by atoms with Crippen molar-refractivity contribution in [1.82, 2.24) is 5.32 Å². The van der Waals surface area contributed by atoms with Crippen LogP contribution in [-0.4, -0.2) is 11.5 Å². The molecule has 108 valence electrons. The molecule has 0 saturated carbocycles. The van der Waals surface area contributed by atoms with Gasteiger partial charge in [-0.25, -0.2) is 0 Å². The first-order valence-corrected chi connectivity index (χ1v) is 7.18. The Morgan fingerprint density at radius 2 is 2.05 bits per heavy atom. The maximum Gasteiger partial charge on any atom is 0.272 e. The van der Waals surface area contributed by atoms with Gasteiger partial charge in [-0.05, 0) is 30.0 Å². The predicted molar refractivity (Wildman–Crippen MR) is 82.4 cm³/mol. The maximum atomic E-state index is 10.9. The number of hydrogen-bond donors (Lipinski definition) is 1. The zero-order valence-corrected chi connectivity index (χ0v) is 12.0. The highest BCUT2D eigenvalue weighted by Crippen LogP contribution is 2.34. The number of nitrogens with one attached hydrogen (secondary N) is 1. The van der Waals surface area contributed by atoms with E-state index < -0.39 is 0 Å². The molecule has 1 atom stereocenters. The first kappa shape index (κ1) is 13.8. The van der Waals surface area contributed by atoms with E-state index in [0.717, 1.165) is 24.1 Å². The van der Waals surface area contributed by atoms with Crippen molar-refractivity contribution in [2.75, 3.05) is 6.54 Å². The minimum absolute atomic E-state index is 0.197. The molecule has 0 aliphatic heterocycles. The number of hydrogen-bond acceptors (Lipinski definition) is 3. The summed E-state index contributed by atoms with van der Waals surface area (Å²) in [5.74, 6) is 0.570. The topological polar surface area (TPSA) is 55.2 Å². The molecular formula is C17H18N2O2. The Morgan fingerprint density at radius 1 is 1.24 bits per heavy atom. The van der Waals surface area contributed by atoms with Crippen molar-refractivity contribution in [3.63, 3.8) is 0 Å². The Balaban J connectivity index is 1.60. The van der Waals surface area contributed by atoms with Crippen molar-refractivity contribution in [2.45, 2.75) is 25.8 Å². The first-order chi connectivity index (χ1) is 10.2. The molecule has 1 N–H and O–H groups in total. The lowest BCUT2D eigenvalue weighted by molar-refractivity contribution is -0.385. The third-order valence-corrected chi connectivity index (χ3v) is 4.28. The van der Waals surface area contributed by atoms with Crippen LogP contribution in [0.2, 0.25) is 0 Å². The summed E-state index contributed by atoms with van der Waals surface area (Å²) in [6.07, 6.45) is 1.12. The van der Waals surface area contributed by atoms with Gasteiger partial charge in [0.05, 0.1) is 4.92 Å². The molecule has 0 fully saturated rings. The van der Waals surface area contributed by atoms with Crippen LogP contribution in [0.3, 0.4) is 0 Å². The first-order valence-electron chi connectivity index (χ1n) is 7.18. The zero-order valence-electron chi connectivity index (χ0n) is 12.0. The quantitative estimate of drug-likeness (QED) is 0.676. The van der Waals surface area contributed by atoms with Gasteiger partial charge >= 0.3 is 0 Å². The molecule has 0 radical (unpaired) electrons. The normalized spacial score (nSPS) is 16.1. The van der Waals surface area contributed by atoms with E-state index >= 15 is 0 Å². The van der Waals surface area contributed by atoms with Crippen molar-refractivity contribution in [3.8, 4) is 0 Å². The van der Waals surface area contributed by atoms with Crippen LogP contribution in [0.4, 0.5) is 5.69 Å². The second kappa shape index (κ2) is 5.66. The summed E-state index contributed by atoms with van der Waals surface area (Å²) in [4.78, 5) is 10.6. The molecule has 0 saturated heterocycles. The van der Waals surface area contributed by atoms with Gasteiger partial charge in [0.1, 0.15) is 0 Å². The summed E-state index contributed by atoms with van der Waals surface area (Å²) in [5.41, 5.74) is 4.82. The van der Waals surface area contributed by atoms with E-state index in [4.69, 9.17) is 0 Å². The van der Waals surface area contributed by atoms with Crippen molar-refractivity contribution >= 4 is 5.69 Å². The number of rotatable bonds is 5. The van der Waals surface area contributed by atoms with Gasteiger partial charge in [0.15, 0.2) is 0 Å². The average Bonchev–Trinajstić information content (AvgIpc) is 2.45. The monoisotopic (exact) mass is 282 g/mol. The average molecular weight is 282 g/mol. The van der Waals surface area contributed by atoms with Crippen LogP contribution in [0.15, 0.2) is 42.5 Å². The van der Waals surface area contributed by atoms with Crippen molar-refractivity contribution in [3.05, 3.63) is 74.8 Å². The lowest BCUT2D eigenvalue weighted by Crippen LogP contribution is -2.29. The second-order valence-corrected chi connectivity index (χ2v) is 5.55. The molecule has 1 aliphatic rings. The largest absolute Gasteiger partial charge is 0.312 e. The van der Waals surface area contributed by atoms with Crippen LogP contribution in [0.1, 0.15) is 28.2 Å². The molecule has 0 bridgehead atoms. The lowest BCUT2D eigenvalue weighted by atomic mass is 9.77. The maximum absolute atomic E-state index is 10.9. The predicted octanol–water partition coefficient (Wildman–Crippen LogP) is 3.33. The van der Waals surface area contributed by atoms with Crippen LogP contribution in [0.25, 0.3) is 0 Å². The molecule has 0 heterocycles. The summed E-state index contributed by atoms with van der Waals surface area (Å²) in [6, 6.07) is 13.8. The van der Waals surface area contributed by atoms with Crippen molar-refractivity contribution < 1.29 is 4.92 Å². The smallest absolute Gasteiger partial charge is 0.272 e. The Bertz CT molecular complexity index is 682. The fraction of sp³-hybridized carbons (Fsp3) is 0.294. The van der Waals surface area contributed by atoms with Crippen LogP contribution < -0.4 is 5.32 Å². The molecule has 0 spiro atoms. The van der Waals surface area contributed by atoms with Gasteiger partial charge in [-0.2, -0.15) is 0 Å². The number of fused-ring (bicyclic) bond motifs is 1. The molecule has 1 unspecified atom stereocenters. The van der Waals surface area contributed by atoms with Gasteiger partial charge < -0.3 is 5.32 Å². The molecule has 0 amide bonds. The molecule has 4 nitrogen and oxygen atoms in total. The van der Waals surface area contributed by atoms with E-state index in [1.54, 1.807) is 12.1 Å². The fourth-order valence-corrected chi connectivity index (χ4v) is 2.99. The highest BCUT2D eigenvalue weighted by Gasteiger charge is 2.24. The third kappa shape index (κ3) is 2.67. The second-order valence-electron chi connectivity index (χ2n) is 5.55. The SMILES string of the molecule is Cc1c(CNCC2Cc3ccccc32)cccc1[N+](=O)[O-]. The number of nitrogens with zero attached hydrogens (tertiary/aromatic N) is 1. The van der Waals surface area contributed by atoms with Gasteiger partial charge in [-0.1, -0.05) is 36.4 Å². The molecule has 1 aliphatic carbocycles.